The molecule has 1 aromatic heterocycles. The lowest BCUT2D eigenvalue weighted by molar-refractivity contribution is -0.118. The Morgan fingerprint density at radius 1 is 1.59 bits per heavy atom. The van der Waals surface area contributed by atoms with Gasteiger partial charge in [-0.05, 0) is 30.5 Å². The molecule has 96 valence electrons. The van der Waals surface area contributed by atoms with Crippen LogP contribution in [0.3, 0.4) is 0 Å². The van der Waals surface area contributed by atoms with Crippen molar-refractivity contribution in [1.29, 1.82) is 0 Å². The zero-order chi connectivity index (χ0) is 12.1. The maximum Gasteiger partial charge on any atom is 0.242 e. The number of aromatic nitrogens is 1. The fraction of sp³-hybridized carbons (Fsp3) is 0.500. The largest absolute Gasteiger partial charge is 0.320 e. The summed E-state index contributed by atoms with van der Waals surface area (Å²) in [4.78, 5) is 15.8. The number of halogens is 1. The fourth-order valence-corrected chi connectivity index (χ4v) is 1.33. The molecule has 1 aromatic rings. The molecule has 0 fully saturated rings. The van der Waals surface area contributed by atoms with Crippen LogP contribution in [0.1, 0.15) is 25.8 Å². The Kier molecular flexibility index (Phi) is 6.76. The number of amides is 1. The van der Waals surface area contributed by atoms with E-state index in [0.717, 1.165) is 12.0 Å². The molecule has 2 unspecified atom stereocenters. The SMILES string of the molecule is CCC(C)C(N)C(=O)Nc1cc(C)ccn1.Cl. The van der Waals surface area contributed by atoms with Gasteiger partial charge >= 0.3 is 0 Å². The summed E-state index contributed by atoms with van der Waals surface area (Å²) in [6.07, 6.45) is 2.55. The maximum atomic E-state index is 11.7. The number of carbonyl (C=O) groups is 1. The van der Waals surface area contributed by atoms with E-state index in [9.17, 15) is 4.79 Å². The van der Waals surface area contributed by atoms with Gasteiger partial charge in [0.2, 0.25) is 5.91 Å². The van der Waals surface area contributed by atoms with E-state index in [1.165, 1.54) is 0 Å². The number of aryl methyl sites for hydroxylation is 1. The van der Waals surface area contributed by atoms with Crippen LogP contribution in [-0.4, -0.2) is 16.9 Å². The van der Waals surface area contributed by atoms with Crippen LogP contribution < -0.4 is 11.1 Å². The van der Waals surface area contributed by atoms with Crippen LogP contribution in [-0.2, 0) is 4.79 Å². The van der Waals surface area contributed by atoms with Gasteiger partial charge in [-0.15, -0.1) is 12.4 Å². The van der Waals surface area contributed by atoms with Crippen LogP contribution in [0, 0.1) is 12.8 Å². The first kappa shape index (κ1) is 15.9. The van der Waals surface area contributed by atoms with Gasteiger partial charge in [0, 0.05) is 6.20 Å². The summed E-state index contributed by atoms with van der Waals surface area (Å²) in [5, 5.41) is 2.72. The summed E-state index contributed by atoms with van der Waals surface area (Å²) >= 11 is 0. The minimum atomic E-state index is -0.479. The lowest BCUT2D eigenvalue weighted by Crippen LogP contribution is -2.40. The number of hydrogen-bond acceptors (Lipinski definition) is 3. The van der Waals surface area contributed by atoms with Gasteiger partial charge in [0.25, 0.3) is 0 Å². The molecule has 0 aliphatic heterocycles. The van der Waals surface area contributed by atoms with Gasteiger partial charge < -0.3 is 11.1 Å². The van der Waals surface area contributed by atoms with Crippen LogP contribution in [0.5, 0.6) is 0 Å². The Morgan fingerprint density at radius 2 is 2.24 bits per heavy atom. The number of pyridine rings is 1. The van der Waals surface area contributed by atoms with Crippen molar-refractivity contribution in [3.63, 3.8) is 0 Å². The molecule has 0 radical (unpaired) electrons. The smallest absolute Gasteiger partial charge is 0.242 e. The van der Waals surface area contributed by atoms with Crippen molar-refractivity contribution in [2.45, 2.75) is 33.2 Å². The molecule has 2 atom stereocenters. The highest BCUT2D eigenvalue weighted by atomic mass is 35.5. The van der Waals surface area contributed by atoms with E-state index in [-0.39, 0.29) is 24.2 Å². The minimum absolute atomic E-state index is 0. The van der Waals surface area contributed by atoms with Gasteiger partial charge in [0.05, 0.1) is 6.04 Å². The van der Waals surface area contributed by atoms with Crippen molar-refractivity contribution in [3.8, 4) is 0 Å². The van der Waals surface area contributed by atoms with Crippen molar-refractivity contribution in [2.75, 3.05) is 5.32 Å². The first-order chi connectivity index (χ1) is 7.54. The third-order valence-electron chi connectivity index (χ3n) is 2.73. The van der Waals surface area contributed by atoms with Gasteiger partial charge in [-0.2, -0.15) is 0 Å². The molecule has 1 amide bonds. The van der Waals surface area contributed by atoms with Crippen LogP contribution in [0.25, 0.3) is 0 Å². The Morgan fingerprint density at radius 3 is 2.76 bits per heavy atom. The van der Waals surface area contributed by atoms with Crippen molar-refractivity contribution >= 4 is 24.1 Å². The Labute approximate surface area is 108 Å². The quantitative estimate of drug-likeness (QED) is 0.868. The average molecular weight is 258 g/mol. The highest BCUT2D eigenvalue weighted by molar-refractivity contribution is 5.94. The van der Waals surface area contributed by atoms with E-state index in [1.54, 1.807) is 6.20 Å². The standard InChI is InChI=1S/C12H19N3O.ClH/c1-4-9(3)11(13)12(16)15-10-7-8(2)5-6-14-10;/h5-7,9,11H,4,13H2,1-3H3,(H,14,15,16);1H. The van der Waals surface area contributed by atoms with Gasteiger partial charge in [0.1, 0.15) is 5.82 Å². The number of rotatable bonds is 4. The predicted octanol–water partition coefficient (Wildman–Crippen LogP) is 2.12. The topological polar surface area (TPSA) is 68.0 Å². The molecule has 0 aromatic carbocycles. The molecule has 0 saturated carbocycles. The second kappa shape index (κ2) is 7.25. The van der Waals surface area contributed by atoms with E-state index in [2.05, 4.69) is 10.3 Å². The third kappa shape index (κ3) is 4.71. The molecule has 5 heteroatoms. The summed E-state index contributed by atoms with van der Waals surface area (Å²) in [6, 6.07) is 3.22. The van der Waals surface area contributed by atoms with Crippen molar-refractivity contribution < 1.29 is 4.79 Å². The maximum absolute atomic E-state index is 11.7. The number of carbonyl (C=O) groups excluding carboxylic acids is 1. The van der Waals surface area contributed by atoms with Gasteiger partial charge in [-0.1, -0.05) is 20.3 Å². The minimum Gasteiger partial charge on any atom is -0.320 e. The van der Waals surface area contributed by atoms with Crippen LogP contribution in [0.4, 0.5) is 5.82 Å². The van der Waals surface area contributed by atoms with E-state index in [1.807, 2.05) is 32.9 Å². The van der Waals surface area contributed by atoms with Crippen molar-refractivity contribution in [3.05, 3.63) is 23.9 Å². The van der Waals surface area contributed by atoms with E-state index < -0.39 is 6.04 Å². The summed E-state index contributed by atoms with van der Waals surface area (Å²) in [6.45, 7) is 5.93. The zero-order valence-electron chi connectivity index (χ0n) is 10.4. The van der Waals surface area contributed by atoms with Gasteiger partial charge in [0.15, 0.2) is 0 Å². The van der Waals surface area contributed by atoms with E-state index in [0.29, 0.717) is 5.82 Å². The number of hydrogen-bond donors (Lipinski definition) is 2. The lowest BCUT2D eigenvalue weighted by atomic mass is 9.99. The Hall–Kier alpha value is -1.13. The molecule has 0 aliphatic carbocycles. The van der Waals surface area contributed by atoms with E-state index in [4.69, 9.17) is 5.73 Å². The Balaban J connectivity index is 0.00000256. The first-order valence-electron chi connectivity index (χ1n) is 5.53. The molecule has 17 heavy (non-hydrogen) atoms. The molecule has 0 bridgehead atoms. The first-order valence-corrected chi connectivity index (χ1v) is 5.53. The lowest BCUT2D eigenvalue weighted by Gasteiger charge is -2.17. The molecule has 0 saturated heterocycles. The molecule has 0 aliphatic rings. The monoisotopic (exact) mass is 257 g/mol. The zero-order valence-corrected chi connectivity index (χ0v) is 11.3. The number of anilines is 1. The predicted molar refractivity (Wildman–Crippen MR) is 72.3 cm³/mol. The molecule has 3 N–H and O–H groups in total. The van der Waals surface area contributed by atoms with Gasteiger partial charge in [-0.25, -0.2) is 4.98 Å². The van der Waals surface area contributed by atoms with Crippen LogP contribution in [0.15, 0.2) is 18.3 Å². The van der Waals surface area contributed by atoms with Crippen LogP contribution in [0.2, 0.25) is 0 Å². The summed E-state index contributed by atoms with van der Waals surface area (Å²) < 4.78 is 0. The normalized spacial score (nSPS) is 13.4. The van der Waals surface area contributed by atoms with Gasteiger partial charge in [-0.3, -0.25) is 4.79 Å². The van der Waals surface area contributed by atoms with Crippen LogP contribution >= 0.6 is 12.4 Å². The molecule has 1 heterocycles. The second-order valence-electron chi connectivity index (χ2n) is 4.12. The highest BCUT2D eigenvalue weighted by Gasteiger charge is 2.19. The fourth-order valence-electron chi connectivity index (χ4n) is 1.33. The van der Waals surface area contributed by atoms with Crippen molar-refractivity contribution in [1.82, 2.24) is 4.98 Å². The molecule has 0 spiro atoms. The number of nitrogens with one attached hydrogen (secondary N) is 1. The number of nitrogens with zero attached hydrogens (tertiary/aromatic N) is 1. The Bertz CT molecular complexity index is 371. The van der Waals surface area contributed by atoms with Crippen molar-refractivity contribution in [2.24, 2.45) is 11.7 Å². The summed E-state index contributed by atoms with van der Waals surface area (Å²) in [5.41, 5.74) is 6.88. The summed E-state index contributed by atoms with van der Waals surface area (Å²) in [7, 11) is 0. The molecular formula is C12H20ClN3O. The summed E-state index contributed by atoms with van der Waals surface area (Å²) in [5.74, 6) is 0.556. The molecular weight excluding hydrogens is 238 g/mol. The second-order valence-corrected chi connectivity index (χ2v) is 4.12. The highest BCUT2D eigenvalue weighted by Crippen LogP contribution is 2.09. The number of nitrogens with two attached hydrogens (primary N) is 1. The molecule has 1 rings (SSSR count). The molecule has 4 nitrogen and oxygen atoms in total. The average Bonchev–Trinajstić information content (AvgIpc) is 2.27. The van der Waals surface area contributed by atoms with E-state index >= 15 is 0 Å². The third-order valence-corrected chi connectivity index (χ3v) is 2.73.